The zero-order valence-electron chi connectivity index (χ0n) is 9.03. The lowest BCUT2D eigenvalue weighted by Crippen LogP contribution is -2.04. The van der Waals surface area contributed by atoms with Crippen molar-refractivity contribution in [2.24, 2.45) is 0 Å². The molecule has 0 aliphatic heterocycles. The predicted octanol–water partition coefficient (Wildman–Crippen LogP) is 3.03. The minimum absolute atomic E-state index is 0.335. The molecule has 0 aromatic heterocycles. The third-order valence-electron chi connectivity index (χ3n) is 2.22. The summed E-state index contributed by atoms with van der Waals surface area (Å²) in [6.07, 6.45) is 2.13. The molecule has 0 N–H and O–H groups in total. The first-order valence-electron chi connectivity index (χ1n) is 5.12. The summed E-state index contributed by atoms with van der Waals surface area (Å²) in [6.45, 7) is 4.40. The third kappa shape index (κ3) is 3.48. The average Bonchev–Trinajstić information content (AvgIpc) is 2.31. The van der Waals surface area contributed by atoms with E-state index in [1.165, 1.54) is 6.07 Å². The van der Waals surface area contributed by atoms with Gasteiger partial charge in [0.15, 0.2) is 0 Å². The number of halogens is 1. The fraction of sp³-hybridized carbons (Fsp3) is 0.308. The van der Waals surface area contributed by atoms with Crippen LogP contribution in [-0.4, -0.2) is 13.2 Å². The van der Waals surface area contributed by atoms with Crippen LogP contribution < -0.4 is 0 Å². The van der Waals surface area contributed by atoms with Gasteiger partial charge in [-0.1, -0.05) is 24.3 Å². The van der Waals surface area contributed by atoms with Gasteiger partial charge in [-0.2, -0.15) is 5.26 Å². The van der Waals surface area contributed by atoms with Crippen molar-refractivity contribution in [3.63, 3.8) is 0 Å². The van der Waals surface area contributed by atoms with Crippen molar-refractivity contribution in [1.82, 2.24) is 0 Å². The highest BCUT2D eigenvalue weighted by Crippen LogP contribution is 2.21. The van der Waals surface area contributed by atoms with E-state index in [9.17, 15) is 4.39 Å². The fourth-order valence-corrected chi connectivity index (χ4v) is 1.42. The van der Waals surface area contributed by atoms with Gasteiger partial charge in [-0.05, 0) is 12.5 Å². The van der Waals surface area contributed by atoms with Crippen molar-refractivity contribution in [3.05, 3.63) is 48.3 Å². The van der Waals surface area contributed by atoms with Crippen LogP contribution in [0.25, 0.3) is 0 Å². The minimum atomic E-state index is -0.453. The number of hydrogen-bond acceptors (Lipinski definition) is 2. The SMILES string of the molecule is C=CCOCCC(C#N)c1ccccc1F. The van der Waals surface area contributed by atoms with E-state index >= 15 is 0 Å². The maximum Gasteiger partial charge on any atom is 0.127 e. The van der Waals surface area contributed by atoms with Crippen molar-refractivity contribution < 1.29 is 9.13 Å². The Hall–Kier alpha value is -1.66. The maximum atomic E-state index is 13.4. The summed E-state index contributed by atoms with van der Waals surface area (Å²) in [5, 5.41) is 8.97. The molecule has 0 heterocycles. The van der Waals surface area contributed by atoms with Crippen LogP contribution in [0.4, 0.5) is 4.39 Å². The largest absolute Gasteiger partial charge is 0.377 e. The average molecular weight is 219 g/mol. The molecule has 1 atom stereocenters. The number of benzene rings is 1. The van der Waals surface area contributed by atoms with Gasteiger partial charge < -0.3 is 4.74 Å². The molecule has 1 aromatic carbocycles. The Morgan fingerprint density at radius 3 is 2.88 bits per heavy atom. The predicted molar refractivity (Wildman–Crippen MR) is 60.4 cm³/mol. The van der Waals surface area contributed by atoms with Crippen LogP contribution in [0.15, 0.2) is 36.9 Å². The molecule has 84 valence electrons. The van der Waals surface area contributed by atoms with Crippen LogP contribution in [0.2, 0.25) is 0 Å². The van der Waals surface area contributed by atoms with Gasteiger partial charge in [-0.15, -0.1) is 6.58 Å². The zero-order chi connectivity index (χ0) is 11.8. The van der Waals surface area contributed by atoms with Crippen molar-refractivity contribution in [2.45, 2.75) is 12.3 Å². The maximum absolute atomic E-state index is 13.4. The Labute approximate surface area is 95.0 Å². The number of nitriles is 1. The van der Waals surface area contributed by atoms with Crippen molar-refractivity contribution in [2.75, 3.05) is 13.2 Å². The van der Waals surface area contributed by atoms with E-state index < -0.39 is 5.92 Å². The molecular formula is C13H14FNO. The summed E-state index contributed by atoms with van der Waals surface area (Å²) in [6, 6.07) is 8.43. The van der Waals surface area contributed by atoms with Gasteiger partial charge in [0, 0.05) is 12.2 Å². The van der Waals surface area contributed by atoms with Gasteiger partial charge in [0.25, 0.3) is 0 Å². The first kappa shape index (κ1) is 12.4. The van der Waals surface area contributed by atoms with E-state index in [0.29, 0.717) is 25.2 Å². The van der Waals surface area contributed by atoms with Crippen LogP contribution in [0, 0.1) is 17.1 Å². The fourth-order valence-electron chi connectivity index (χ4n) is 1.42. The third-order valence-corrected chi connectivity index (χ3v) is 2.22. The molecule has 0 aliphatic rings. The number of rotatable bonds is 6. The summed E-state index contributed by atoms with van der Waals surface area (Å²) >= 11 is 0. The summed E-state index contributed by atoms with van der Waals surface area (Å²) < 4.78 is 18.6. The topological polar surface area (TPSA) is 33.0 Å². The van der Waals surface area contributed by atoms with Gasteiger partial charge in [-0.25, -0.2) is 4.39 Å². The second-order valence-electron chi connectivity index (χ2n) is 3.36. The van der Waals surface area contributed by atoms with Crippen molar-refractivity contribution >= 4 is 0 Å². The molecule has 0 saturated heterocycles. The second kappa shape index (κ2) is 6.76. The molecule has 0 spiro atoms. The molecular weight excluding hydrogens is 205 g/mol. The molecule has 0 saturated carbocycles. The van der Waals surface area contributed by atoms with Crippen molar-refractivity contribution in [3.8, 4) is 6.07 Å². The molecule has 0 fully saturated rings. The lowest BCUT2D eigenvalue weighted by atomic mass is 9.97. The number of ether oxygens (including phenoxy) is 1. The Morgan fingerprint density at radius 2 is 2.25 bits per heavy atom. The van der Waals surface area contributed by atoms with Crippen molar-refractivity contribution in [1.29, 1.82) is 5.26 Å². The lowest BCUT2D eigenvalue weighted by molar-refractivity contribution is 0.157. The molecule has 0 amide bonds. The van der Waals surface area contributed by atoms with E-state index in [2.05, 4.69) is 12.6 Å². The van der Waals surface area contributed by atoms with Crippen LogP contribution in [0.5, 0.6) is 0 Å². The van der Waals surface area contributed by atoms with E-state index in [1.54, 1.807) is 24.3 Å². The van der Waals surface area contributed by atoms with E-state index in [-0.39, 0.29) is 5.82 Å². The van der Waals surface area contributed by atoms with Gasteiger partial charge in [0.2, 0.25) is 0 Å². The minimum Gasteiger partial charge on any atom is -0.377 e. The van der Waals surface area contributed by atoms with Gasteiger partial charge in [-0.3, -0.25) is 0 Å². The summed E-state index contributed by atoms with van der Waals surface area (Å²) in [7, 11) is 0. The molecule has 1 rings (SSSR count). The monoisotopic (exact) mass is 219 g/mol. The Balaban J connectivity index is 2.58. The molecule has 1 aromatic rings. The Bertz CT molecular complexity index is 384. The van der Waals surface area contributed by atoms with E-state index in [0.717, 1.165) is 0 Å². The highest BCUT2D eigenvalue weighted by Gasteiger charge is 2.14. The van der Waals surface area contributed by atoms with Crippen LogP contribution in [0.3, 0.4) is 0 Å². The van der Waals surface area contributed by atoms with Crippen LogP contribution in [-0.2, 0) is 4.74 Å². The van der Waals surface area contributed by atoms with Gasteiger partial charge >= 0.3 is 0 Å². The number of hydrogen-bond donors (Lipinski definition) is 0. The normalized spacial score (nSPS) is 11.8. The Morgan fingerprint density at radius 1 is 1.50 bits per heavy atom. The molecule has 0 bridgehead atoms. The molecule has 0 radical (unpaired) electrons. The molecule has 16 heavy (non-hydrogen) atoms. The quantitative estimate of drug-likeness (QED) is 0.544. The highest BCUT2D eigenvalue weighted by molar-refractivity contribution is 5.26. The second-order valence-corrected chi connectivity index (χ2v) is 3.36. The summed E-state index contributed by atoms with van der Waals surface area (Å²) in [4.78, 5) is 0. The molecule has 0 aliphatic carbocycles. The zero-order valence-corrected chi connectivity index (χ0v) is 9.03. The van der Waals surface area contributed by atoms with Gasteiger partial charge in [0.1, 0.15) is 5.82 Å². The van der Waals surface area contributed by atoms with Crippen LogP contribution in [0.1, 0.15) is 17.9 Å². The van der Waals surface area contributed by atoms with E-state index in [4.69, 9.17) is 10.00 Å². The molecule has 1 unspecified atom stereocenters. The lowest BCUT2D eigenvalue weighted by Gasteiger charge is -2.09. The molecule has 3 heteroatoms. The highest BCUT2D eigenvalue weighted by atomic mass is 19.1. The van der Waals surface area contributed by atoms with Crippen LogP contribution >= 0.6 is 0 Å². The van der Waals surface area contributed by atoms with Gasteiger partial charge in [0.05, 0.1) is 18.6 Å². The number of nitrogens with zero attached hydrogens (tertiary/aromatic N) is 1. The molecule has 2 nitrogen and oxygen atoms in total. The smallest absolute Gasteiger partial charge is 0.127 e. The summed E-state index contributed by atoms with van der Waals surface area (Å²) in [5.74, 6) is -0.788. The Kier molecular flexibility index (Phi) is 5.24. The summed E-state index contributed by atoms with van der Waals surface area (Å²) in [5.41, 5.74) is 0.437. The standard InChI is InChI=1S/C13H14FNO/c1-2-8-16-9-7-11(10-15)12-5-3-4-6-13(12)14/h2-6,11H,1,7-9H2. The first-order chi connectivity index (χ1) is 7.79. The first-order valence-corrected chi connectivity index (χ1v) is 5.12. The van der Waals surface area contributed by atoms with E-state index in [1.807, 2.05) is 0 Å².